The maximum absolute atomic E-state index is 5.98. The highest BCUT2D eigenvalue weighted by Crippen LogP contribution is 2.16. The summed E-state index contributed by atoms with van der Waals surface area (Å²) >= 11 is 0. The van der Waals surface area contributed by atoms with Gasteiger partial charge < -0.3 is 5.73 Å². The predicted molar refractivity (Wildman–Crippen MR) is 77.3 cm³/mol. The van der Waals surface area contributed by atoms with Crippen LogP contribution in [0.4, 0.5) is 0 Å². The maximum atomic E-state index is 5.98. The Morgan fingerprint density at radius 3 is 2.53 bits per heavy atom. The van der Waals surface area contributed by atoms with Crippen molar-refractivity contribution in [3.63, 3.8) is 0 Å². The Hall–Kier alpha value is -1.68. The molecule has 0 saturated carbocycles. The molecule has 102 valence electrons. The molecular formula is C15H22N4. The average molecular weight is 258 g/mol. The van der Waals surface area contributed by atoms with Crippen LogP contribution in [-0.4, -0.2) is 14.8 Å². The van der Waals surface area contributed by atoms with Crippen molar-refractivity contribution in [2.24, 2.45) is 5.73 Å². The standard InChI is InChI=1S/C15H22N4/c1-4-11-9-12(5-2)19(18-11)13-7-8-15(17-10-13)14(16)6-3/h7-10,14H,4-6,16H2,1-3H3/t14-/m1/s1. The van der Waals surface area contributed by atoms with E-state index in [9.17, 15) is 0 Å². The third-order valence-electron chi connectivity index (χ3n) is 3.39. The van der Waals surface area contributed by atoms with Crippen LogP contribution in [0.5, 0.6) is 0 Å². The third-order valence-corrected chi connectivity index (χ3v) is 3.39. The van der Waals surface area contributed by atoms with Crippen LogP contribution in [0.2, 0.25) is 0 Å². The number of aromatic nitrogens is 3. The van der Waals surface area contributed by atoms with Crippen molar-refractivity contribution in [3.8, 4) is 5.69 Å². The van der Waals surface area contributed by atoms with Gasteiger partial charge in [-0.15, -0.1) is 0 Å². The van der Waals surface area contributed by atoms with Crippen LogP contribution < -0.4 is 5.73 Å². The van der Waals surface area contributed by atoms with E-state index in [4.69, 9.17) is 5.73 Å². The maximum Gasteiger partial charge on any atom is 0.0832 e. The van der Waals surface area contributed by atoms with Gasteiger partial charge in [-0.1, -0.05) is 20.8 Å². The first-order chi connectivity index (χ1) is 9.19. The Balaban J connectivity index is 2.34. The molecule has 0 aliphatic rings. The van der Waals surface area contributed by atoms with E-state index >= 15 is 0 Å². The Morgan fingerprint density at radius 1 is 1.21 bits per heavy atom. The summed E-state index contributed by atoms with van der Waals surface area (Å²) in [4.78, 5) is 4.45. The van der Waals surface area contributed by atoms with Gasteiger partial charge in [0.1, 0.15) is 0 Å². The van der Waals surface area contributed by atoms with Crippen molar-refractivity contribution < 1.29 is 0 Å². The lowest BCUT2D eigenvalue weighted by Crippen LogP contribution is -2.11. The van der Waals surface area contributed by atoms with Gasteiger partial charge in [-0.05, 0) is 37.5 Å². The molecule has 0 fully saturated rings. The van der Waals surface area contributed by atoms with Crippen molar-refractivity contribution in [1.29, 1.82) is 0 Å². The van der Waals surface area contributed by atoms with Crippen LogP contribution in [0, 0.1) is 0 Å². The second kappa shape index (κ2) is 5.97. The molecule has 0 aliphatic heterocycles. The van der Waals surface area contributed by atoms with Gasteiger partial charge in [-0.25, -0.2) is 4.68 Å². The summed E-state index contributed by atoms with van der Waals surface area (Å²) in [6, 6.07) is 6.22. The SMILES string of the molecule is CCc1cc(CC)n(-c2ccc([C@H](N)CC)nc2)n1. The van der Waals surface area contributed by atoms with Crippen molar-refractivity contribution in [2.75, 3.05) is 0 Å². The molecule has 4 nitrogen and oxygen atoms in total. The molecule has 19 heavy (non-hydrogen) atoms. The number of rotatable bonds is 5. The van der Waals surface area contributed by atoms with Crippen molar-refractivity contribution in [2.45, 2.75) is 46.1 Å². The smallest absolute Gasteiger partial charge is 0.0832 e. The van der Waals surface area contributed by atoms with Crippen LogP contribution in [-0.2, 0) is 12.8 Å². The second-order valence-corrected chi connectivity index (χ2v) is 4.70. The number of nitrogens with zero attached hydrogens (tertiary/aromatic N) is 3. The van der Waals surface area contributed by atoms with Crippen LogP contribution in [0.3, 0.4) is 0 Å². The molecule has 0 unspecified atom stereocenters. The number of hydrogen-bond acceptors (Lipinski definition) is 3. The van der Waals surface area contributed by atoms with Crippen LogP contribution in [0.1, 0.15) is 50.3 Å². The summed E-state index contributed by atoms with van der Waals surface area (Å²) in [5.41, 5.74) is 10.3. The lowest BCUT2D eigenvalue weighted by molar-refractivity contribution is 0.673. The molecular weight excluding hydrogens is 236 g/mol. The van der Waals surface area contributed by atoms with Gasteiger partial charge in [0.25, 0.3) is 0 Å². The summed E-state index contributed by atoms with van der Waals surface area (Å²) in [5, 5.41) is 4.61. The summed E-state index contributed by atoms with van der Waals surface area (Å²) in [6.45, 7) is 6.33. The zero-order valence-electron chi connectivity index (χ0n) is 11.9. The van der Waals surface area contributed by atoms with E-state index in [1.807, 2.05) is 23.0 Å². The average Bonchev–Trinajstić information content (AvgIpc) is 2.90. The molecule has 2 rings (SSSR count). The van der Waals surface area contributed by atoms with E-state index in [0.717, 1.165) is 36.3 Å². The van der Waals surface area contributed by atoms with Gasteiger partial charge in [0.15, 0.2) is 0 Å². The number of aryl methyl sites for hydroxylation is 2. The molecule has 0 amide bonds. The quantitative estimate of drug-likeness (QED) is 0.897. The highest BCUT2D eigenvalue weighted by Gasteiger charge is 2.09. The first-order valence-electron chi connectivity index (χ1n) is 6.99. The zero-order chi connectivity index (χ0) is 13.8. The van der Waals surface area contributed by atoms with Gasteiger partial charge in [0.05, 0.1) is 23.3 Å². The van der Waals surface area contributed by atoms with Gasteiger partial charge in [-0.2, -0.15) is 5.10 Å². The molecule has 0 radical (unpaired) electrons. The monoisotopic (exact) mass is 258 g/mol. The molecule has 0 bridgehead atoms. The highest BCUT2D eigenvalue weighted by molar-refractivity contribution is 5.32. The molecule has 2 aromatic heterocycles. The fourth-order valence-corrected chi connectivity index (χ4v) is 2.07. The van der Waals surface area contributed by atoms with E-state index in [1.165, 1.54) is 5.69 Å². The van der Waals surface area contributed by atoms with Crippen molar-refractivity contribution in [1.82, 2.24) is 14.8 Å². The Morgan fingerprint density at radius 2 is 2.00 bits per heavy atom. The molecule has 1 atom stereocenters. The molecule has 0 spiro atoms. The Kier molecular flexibility index (Phi) is 4.32. The van der Waals surface area contributed by atoms with E-state index in [1.54, 1.807) is 0 Å². The predicted octanol–water partition coefficient (Wildman–Crippen LogP) is 2.80. The number of hydrogen-bond donors (Lipinski definition) is 1. The molecule has 2 aromatic rings. The summed E-state index contributed by atoms with van der Waals surface area (Å²) in [6.07, 6.45) is 4.67. The van der Waals surface area contributed by atoms with E-state index in [0.29, 0.717) is 0 Å². The second-order valence-electron chi connectivity index (χ2n) is 4.70. The van der Waals surface area contributed by atoms with Crippen LogP contribution >= 0.6 is 0 Å². The summed E-state index contributed by atoms with van der Waals surface area (Å²) in [7, 11) is 0. The number of nitrogens with two attached hydrogens (primary N) is 1. The van der Waals surface area contributed by atoms with Gasteiger partial charge >= 0.3 is 0 Å². The normalized spacial score (nSPS) is 12.6. The third kappa shape index (κ3) is 2.84. The lowest BCUT2D eigenvalue weighted by atomic mass is 10.1. The molecule has 0 aromatic carbocycles. The minimum Gasteiger partial charge on any atom is -0.323 e. The molecule has 4 heteroatoms. The van der Waals surface area contributed by atoms with Gasteiger partial charge in [-0.3, -0.25) is 4.98 Å². The molecule has 0 aliphatic carbocycles. The zero-order valence-corrected chi connectivity index (χ0v) is 11.9. The minimum absolute atomic E-state index is 0.0171. The van der Waals surface area contributed by atoms with E-state index in [-0.39, 0.29) is 6.04 Å². The topological polar surface area (TPSA) is 56.7 Å². The number of pyridine rings is 1. The van der Waals surface area contributed by atoms with Crippen LogP contribution in [0.15, 0.2) is 24.4 Å². The van der Waals surface area contributed by atoms with Gasteiger partial charge in [0, 0.05) is 11.7 Å². The summed E-state index contributed by atoms with van der Waals surface area (Å²) in [5.74, 6) is 0. The fourth-order valence-electron chi connectivity index (χ4n) is 2.07. The first-order valence-corrected chi connectivity index (χ1v) is 6.99. The molecule has 0 saturated heterocycles. The van der Waals surface area contributed by atoms with E-state index in [2.05, 4.69) is 36.9 Å². The first kappa shape index (κ1) is 13.7. The Bertz CT molecular complexity index is 528. The van der Waals surface area contributed by atoms with Crippen molar-refractivity contribution in [3.05, 3.63) is 41.5 Å². The van der Waals surface area contributed by atoms with Crippen LogP contribution in [0.25, 0.3) is 5.69 Å². The largest absolute Gasteiger partial charge is 0.323 e. The van der Waals surface area contributed by atoms with Crippen molar-refractivity contribution >= 4 is 0 Å². The van der Waals surface area contributed by atoms with Gasteiger partial charge in [0.2, 0.25) is 0 Å². The summed E-state index contributed by atoms with van der Waals surface area (Å²) < 4.78 is 1.98. The van der Waals surface area contributed by atoms with E-state index < -0.39 is 0 Å². The highest BCUT2D eigenvalue weighted by atomic mass is 15.3. The molecule has 2 heterocycles. The molecule has 2 N–H and O–H groups in total. The Labute approximate surface area is 114 Å². The minimum atomic E-state index is 0.0171. The fraction of sp³-hybridized carbons (Fsp3) is 0.467. The lowest BCUT2D eigenvalue weighted by Gasteiger charge is -2.10.